The van der Waals surface area contributed by atoms with Gasteiger partial charge in [-0.2, -0.15) is 0 Å². The van der Waals surface area contributed by atoms with Crippen molar-refractivity contribution in [2.24, 2.45) is 5.84 Å². The van der Waals surface area contributed by atoms with Crippen molar-refractivity contribution >= 4 is 0 Å². The van der Waals surface area contributed by atoms with Crippen molar-refractivity contribution in [3.05, 3.63) is 0 Å². The number of hydrogen-bond donors (Lipinski definition) is 1. The normalized spacial score (nSPS) is 11.2. The summed E-state index contributed by atoms with van der Waals surface area (Å²) < 4.78 is 0. The summed E-state index contributed by atoms with van der Waals surface area (Å²) in [5, 5.41) is 1.96. The SMILES string of the molecule is CCCCCCCCCCCN(N)CCC. The molecule has 0 bridgehead atoms. The summed E-state index contributed by atoms with van der Waals surface area (Å²) in [5.41, 5.74) is 0. The van der Waals surface area contributed by atoms with Gasteiger partial charge in [0.2, 0.25) is 0 Å². The minimum atomic E-state index is 1.04. The third-order valence-corrected chi connectivity index (χ3v) is 3.06. The molecule has 0 aliphatic heterocycles. The van der Waals surface area contributed by atoms with E-state index in [1.165, 1.54) is 57.8 Å². The van der Waals surface area contributed by atoms with Gasteiger partial charge in [0.05, 0.1) is 0 Å². The van der Waals surface area contributed by atoms with Gasteiger partial charge in [-0.05, 0) is 12.8 Å². The van der Waals surface area contributed by atoms with E-state index in [9.17, 15) is 0 Å². The number of unbranched alkanes of at least 4 members (excludes halogenated alkanes) is 8. The Bertz CT molecular complexity index is 126. The molecule has 98 valence electrons. The van der Waals surface area contributed by atoms with Crippen LogP contribution in [0.25, 0.3) is 0 Å². The lowest BCUT2D eigenvalue weighted by molar-refractivity contribution is 0.276. The molecule has 0 aromatic heterocycles. The molecule has 0 spiro atoms. The Hall–Kier alpha value is -0.0800. The highest BCUT2D eigenvalue weighted by Crippen LogP contribution is 2.09. The molecule has 2 N–H and O–H groups in total. The van der Waals surface area contributed by atoms with E-state index in [0.29, 0.717) is 0 Å². The Morgan fingerprint density at radius 3 is 1.62 bits per heavy atom. The Kier molecular flexibility index (Phi) is 12.9. The highest BCUT2D eigenvalue weighted by atomic mass is 15.4. The minimum absolute atomic E-state index is 1.04. The van der Waals surface area contributed by atoms with Gasteiger partial charge < -0.3 is 0 Å². The molecule has 2 nitrogen and oxygen atoms in total. The van der Waals surface area contributed by atoms with Gasteiger partial charge in [0.1, 0.15) is 0 Å². The molecule has 0 unspecified atom stereocenters. The second-order valence-corrected chi connectivity index (χ2v) is 4.86. The maximum atomic E-state index is 5.81. The van der Waals surface area contributed by atoms with Crippen molar-refractivity contribution < 1.29 is 0 Å². The topological polar surface area (TPSA) is 29.3 Å². The van der Waals surface area contributed by atoms with Crippen LogP contribution in [0.1, 0.15) is 78.1 Å². The molecule has 2 heteroatoms. The van der Waals surface area contributed by atoms with Gasteiger partial charge in [0, 0.05) is 13.1 Å². The van der Waals surface area contributed by atoms with Crippen LogP contribution < -0.4 is 5.84 Å². The highest BCUT2D eigenvalue weighted by molar-refractivity contribution is 4.50. The largest absolute Gasteiger partial charge is 0.269 e. The van der Waals surface area contributed by atoms with Crippen molar-refractivity contribution in [1.82, 2.24) is 5.01 Å². The average molecular weight is 228 g/mol. The molecule has 0 rings (SSSR count). The standard InChI is InChI=1S/C14H32N2/c1-3-5-6-7-8-9-10-11-12-14-16(15)13-4-2/h3-15H2,1-2H3. The van der Waals surface area contributed by atoms with E-state index in [2.05, 4.69) is 13.8 Å². The first-order valence-corrected chi connectivity index (χ1v) is 7.30. The lowest BCUT2D eigenvalue weighted by atomic mass is 10.1. The van der Waals surface area contributed by atoms with Crippen LogP contribution in [-0.2, 0) is 0 Å². The Morgan fingerprint density at radius 2 is 1.12 bits per heavy atom. The average Bonchev–Trinajstić information content (AvgIpc) is 2.27. The van der Waals surface area contributed by atoms with Crippen molar-refractivity contribution in [2.45, 2.75) is 78.1 Å². The molecule has 0 amide bonds. The summed E-state index contributed by atoms with van der Waals surface area (Å²) >= 11 is 0. The van der Waals surface area contributed by atoms with E-state index in [1.807, 2.05) is 5.01 Å². The lowest BCUT2D eigenvalue weighted by Crippen LogP contribution is -2.32. The fraction of sp³-hybridized carbons (Fsp3) is 1.00. The quantitative estimate of drug-likeness (QED) is 0.309. The van der Waals surface area contributed by atoms with Crippen LogP contribution in [0.3, 0.4) is 0 Å². The van der Waals surface area contributed by atoms with Crippen molar-refractivity contribution in [2.75, 3.05) is 13.1 Å². The van der Waals surface area contributed by atoms with E-state index >= 15 is 0 Å². The second kappa shape index (κ2) is 13.0. The van der Waals surface area contributed by atoms with Crippen LogP contribution in [0.4, 0.5) is 0 Å². The second-order valence-electron chi connectivity index (χ2n) is 4.86. The van der Waals surface area contributed by atoms with Crippen LogP contribution in [0.2, 0.25) is 0 Å². The fourth-order valence-electron chi connectivity index (χ4n) is 2.02. The first-order valence-electron chi connectivity index (χ1n) is 7.30. The molecule has 0 aliphatic rings. The zero-order chi connectivity index (χ0) is 12.1. The van der Waals surface area contributed by atoms with E-state index in [-0.39, 0.29) is 0 Å². The molecular formula is C14H32N2. The van der Waals surface area contributed by atoms with Gasteiger partial charge in [-0.1, -0.05) is 65.2 Å². The molecule has 0 saturated heterocycles. The van der Waals surface area contributed by atoms with Crippen molar-refractivity contribution in [1.29, 1.82) is 0 Å². The first-order chi connectivity index (χ1) is 7.81. The highest BCUT2D eigenvalue weighted by Gasteiger charge is 1.96. The van der Waals surface area contributed by atoms with E-state index < -0.39 is 0 Å². The number of rotatable bonds is 12. The monoisotopic (exact) mass is 228 g/mol. The van der Waals surface area contributed by atoms with Gasteiger partial charge in [0.25, 0.3) is 0 Å². The molecule has 16 heavy (non-hydrogen) atoms. The van der Waals surface area contributed by atoms with Gasteiger partial charge in [-0.3, -0.25) is 5.84 Å². The molecule has 0 fully saturated rings. The maximum Gasteiger partial charge on any atom is 0.0128 e. The predicted molar refractivity (Wildman–Crippen MR) is 73.3 cm³/mol. The molecule has 0 aromatic carbocycles. The van der Waals surface area contributed by atoms with Crippen LogP contribution in [0, 0.1) is 0 Å². The molecule has 0 radical (unpaired) electrons. The third kappa shape index (κ3) is 12.0. The maximum absolute atomic E-state index is 5.81. The van der Waals surface area contributed by atoms with Crippen LogP contribution in [0.5, 0.6) is 0 Å². The van der Waals surface area contributed by atoms with Gasteiger partial charge in [-0.15, -0.1) is 0 Å². The third-order valence-electron chi connectivity index (χ3n) is 3.06. The fourth-order valence-corrected chi connectivity index (χ4v) is 2.02. The number of hydrazine groups is 1. The molecule has 0 saturated carbocycles. The summed E-state index contributed by atoms with van der Waals surface area (Å²) in [6.45, 7) is 6.56. The Balaban J connectivity index is 2.98. The minimum Gasteiger partial charge on any atom is -0.269 e. The van der Waals surface area contributed by atoms with Crippen LogP contribution in [0.15, 0.2) is 0 Å². The molecule has 0 aromatic rings. The Morgan fingerprint density at radius 1 is 0.625 bits per heavy atom. The van der Waals surface area contributed by atoms with Crippen molar-refractivity contribution in [3.63, 3.8) is 0 Å². The van der Waals surface area contributed by atoms with Gasteiger partial charge in [-0.25, -0.2) is 5.01 Å². The smallest absolute Gasteiger partial charge is 0.0128 e. The van der Waals surface area contributed by atoms with E-state index in [4.69, 9.17) is 5.84 Å². The van der Waals surface area contributed by atoms with Crippen molar-refractivity contribution in [3.8, 4) is 0 Å². The van der Waals surface area contributed by atoms with E-state index in [0.717, 1.165) is 19.5 Å². The summed E-state index contributed by atoms with van der Waals surface area (Å²) in [7, 11) is 0. The summed E-state index contributed by atoms with van der Waals surface area (Å²) in [4.78, 5) is 0. The molecule has 0 aliphatic carbocycles. The first kappa shape index (κ1) is 15.9. The molecule has 0 heterocycles. The number of nitrogens with zero attached hydrogens (tertiary/aromatic N) is 1. The predicted octanol–water partition coefficient (Wildman–Crippen LogP) is 4.10. The summed E-state index contributed by atoms with van der Waals surface area (Å²) in [5.74, 6) is 5.81. The van der Waals surface area contributed by atoms with E-state index in [1.54, 1.807) is 0 Å². The van der Waals surface area contributed by atoms with Crippen LogP contribution >= 0.6 is 0 Å². The summed E-state index contributed by atoms with van der Waals surface area (Å²) in [6.07, 6.45) is 13.7. The van der Waals surface area contributed by atoms with Gasteiger partial charge >= 0.3 is 0 Å². The number of nitrogens with two attached hydrogens (primary N) is 1. The van der Waals surface area contributed by atoms with Crippen LogP contribution in [-0.4, -0.2) is 18.1 Å². The number of hydrogen-bond acceptors (Lipinski definition) is 2. The lowest BCUT2D eigenvalue weighted by Gasteiger charge is -2.14. The molecular weight excluding hydrogens is 196 g/mol. The van der Waals surface area contributed by atoms with Gasteiger partial charge in [0.15, 0.2) is 0 Å². The molecule has 0 atom stereocenters. The Labute approximate surface area is 103 Å². The zero-order valence-corrected chi connectivity index (χ0v) is 11.5. The summed E-state index contributed by atoms with van der Waals surface area (Å²) in [6, 6.07) is 0. The zero-order valence-electron chi connectivity index (χ0n) is 11.5.